The average molecular weight is 947 g/mol. The van der Waals surface area contributed by atoms with Crippen molar-refractivity contribution in [1.29, 1.82) is 5.41 Å². The minimum atomic E-state index is -2.34. The van der Waals surface area contributed by atoms with Gasteiger partial charge in [-0.05, 0) is 52.4 Å². The fraction of sp³-hybridized carbons (Fsp3) is 0.306. The third kappa shape index (κ3) is 12.4. The van der Waals surface area contributed by atoms with Crippen LogP contribution in [0.15, 0.2) is 144 Å². The predicted octanol–water partition coefficient (Wildman–Crippen LogP) is 10.8. The predicted molar refractivity (Wildman–Crippen MR) is 245 cm³/mol. The first-order chi connectivity index (χ1) is 30.9. The second-order valence-corrected chi connectivity index (χ2v) is 18.5. The third-order valence-electron chi connectivity index (χ3n) is 10.6. The second kappa shape index (κ2) is 22.3. The Balaban J connectivity index is 1.20. The van der Waals surface area contributed by atoms with Crippen molar-refractivity contribution in [3.8, 4) is 11.1 Å². The maximum atomic E-state index is 13.7. The van der Waals surface area contributed by atoms with Gasteiger partial charge in [0.25, 0.3) is 3.79 Å². The highest BCUT2D eigenvalue weighted by atomic mass is 35.6. The van der Waals surface area contributed by atoms with Crippen molar-refractivity contribution in [1.82, 2.24) is 0 Å². The summed E-state index contributed by atoms with van der Waals surface area (Å²) in [7, 11) is 0. The van der Waals surface area contributed by atoms with Gasteiger partial charge in [0.15, 0.2) is 12.2 Å². The zero-order valence-corrected chi connectivity index (χ0v) is 37.8. The van der Waals surface area contributed by atoms with E-state index >= 15 is 0 Å². The van der Waals surface area contributed by atoms with Crippen LogP contribution in [0.4, 0.5) is 4.79 Å². The first kappa shape index (κ1) is 47.1. The van der Waals surface area contributed by atoms with Crippen molar-refractivity contribution >= 4 is 70.4 Å². The molecule has 0 spiro atoms. The van der Waals surface area contributed by atoms with Gasteiger partial charge in [-0.1, -0.05) is 162 Å². The largest absolute Gasteiger partial charge is 0.508 e. The smallest absolute Gasteiger partial charge is 0.456 e. The summed E-state index contributed by atoms with van der Waals surface area (Å²) in [4.78, 5) is 40.2. The Labute approximate surface area is 391 Å². The van der Waals surface area contributed by atoms with E-state index in [0.717, 1.165) is 38.3 Å². The van der Waals surface area contributed by atoms with Crippen LogP contribution in [0.1, 0.15) is 54.0 Å². The lowest BCUT2D eigenvalue weighted by Crippen LogP contribution is -2.63. The number of alkyl halides is 3. The quantitative estimate of drug-likeness (QED) is 0.0295. The Morgan fingerprint density at radius 2 is 1.28 bits per heavy atom. The molecule has 11 nitrogen and oxygen atoms in total. The topological polar surface area (TPSA) is 140 Å². The molecule has 1 heterocycles. The van der Waals surface area contributed by atoms with E-state index in [2.05, 4.69) is 0 Å². The summed E-state index contributed by atoms with van der Waals surface area (Å²) in [5, 5.41) is 8.61. The summed E-state index contributed by atoms with van der Waals surface area (Å²) < 4.78 is 41.4. The van der Waals surface area contributed by atoms with Gasteiger partial charge < -0.3 is 38.0 Å². The van der Waals surface area contributed by atoms with E-state index in [1.54, 1.807) is 0 Å². The number of hydrogen-bond acceptors (Lipinski definition) is 12. The molecule has 5 aromatic rings. The number of hydrogen-bond donors (Lipinski definition) is 1. The molecule has 1 aliphatic carbocycles. The zero-order chi connectivity index (χ0) is 45.1. The van der Waals surface area contributed by atoms with Crippen LogP contribution >= 0.6 is 46.6 Å². The van der Waals surface area contributed by atoms with E-state index in [0.29, 0.717) is 5.75 Å². The summed E-state index contributed by atoms with van der Waals surface area (Å²) in [6.07, 6.45) is -8.80. The molecule has 1 aliphatic heterocycles. The molecule has 2 aliphatic rings. The van der Waals surface area contributed by atoms with Crippen LogP contribution in [0.3, 0.4) is 0 Å². The average Bonchev–Trinajstić information content (AvgIpc) is 3.62. The van der Waals surface area contributed by atoms with Crippen LogP contribution in [0.5, 0.6) is 0 Å². The second-order valence-electron chi connectivity index (χ2n) is 15.1. The van der Waals surface area contributed by atoms with Gasteiger partial charge in [-0.3, -0.25) is 10.2 Å². The Morgan fingerprint density at radius 3 is 1.91 bits per heavy atom. The lowest BCUT2D eigenvalue weighted by Gasteiger charge is -2.46. The molecule has 5 aromatic carbocycles. The van der Waals surface area contributed by atoms with Crippen LogP contribution < -0.4 is 0 Å². The SMILES string of the molecule is CC(=O)CCC(=O)O[C@H]1[C@H](OCc2ccccc2)[C@@H](COC(=O)OCC2c3ccccc3-c3ccccc32)OC(OC(=N)C(Cl)(Cl)Cl)[C@@H]1O[C@H](CSc1ccccc1)c1ccccc1. The summed E-state index contributed by atoms with van der Waals surface area (Å²) in [6.45, 7) is 0.882. The summed E-state index contributed by atoms with van der Waals surface area (Å²) in [6, 6.07) is 44.3. The molecule has 0 saturated carbocycles. The number of halogens is 3. The fourth-order valence-corrected chi connectivity index (χ4v) is 8.67. The normalized spacial score (nSPS) is 19.7. The molecule has 1 unspecified atom stereocenters. The molecule has 1 fully saturated rings. The summed E-state index contributed by atoms with van der Waals surface area (Å²) in [5.74, 6) is -1.64. The van der Waals surface area contributed by atoms with Gasteiger partial charge in [-0.2, -0.15) is 0 Å². The Morgan fingerprint density at radius 1 is 0.703 bits per heavy atom. The number of carbonyl (C=O) groups excluding carboxylic acids is 3. The zero-order valence-electron chi connectivity index (χ0n) is 34.7. The van der Waals surface area contributed by atoms with Gasteiger partial charge in [-0.15, -0.1) is 11.8 Å². The van der Waals surface area contributed by atoms with E-state index in [1.165, 1.54) is 18.7 Å². The van der Waals surface area contributed by atoms with Crippen molar-refractivity contribution in [3.05, 3.63) is 162 Å². The van der Waals surface area contributed by atoms with Crippen molar-refractivity contribution in [2.45, 2.75) is 77.8 Å². The fourth-order valence-electron chi connectivity index (χ4n) is 7.57. The maximum absolute atomic E-state index is 13.7. The molecule has 0 bridgehead atoms. The van der Waals surface area contributed by atoms with E-state index in [1.807, 2.05) is 140 Å². The highest BCUT2D eigenvalue weighted by Gasteiger charge is 2.53. The first-order valence-corrected chi connectivity index (χ1v) is 22.7. The maximum Gasteiger partial charge on any atom is 0.508 e. The number of fused-ring (bicyclic) bond motifs is 3. The molecule has 15 heteroatoms. The molecule has 0 aromatic heterocycles. The van der Waals surface area contributed by atoms with Gasteiger partial charge in [0.05, 0.1) is 19.1 Å². The van der Waals surface area contributed by atoms with Crippen molar-refractivity contribution < 1.29 is 47.5 Å². The lowest BCUT2D eigenvalue weighted by atomic mass is 9.97. The molecule has 1 saturated heterocycles. The number of Topliss-reactive ketones (excluding diaryl/α,β-unsaturated/α-hetero) is 1. The molecule has 6 atom stereocenters. The number of nitrogens with one attached hydrogen (secondary N) is 1. The first-order valence-electron chi connectivity index (χ1n) is 20.6. The summed E-state index contributed by atoms with van der Waals surface area (Å²) >= 11 is 20.0. The van der Waals surface area contributed by atoms with E-state index in [4.69, 9.17) is 73.4 Å². The third-order valence-corrected chi connectivity index (χ3v) is 12.2. The Hall–Kier alpha value is -4.92. The highest BCUT2D eigenvalue weighted by Crippen LogP contribution is 2.45. The number of ether oxygens (including phenoxy) is 7. The molecular weight excluding hydrogens is 901 g/mol. The molecule has 0 radical (unpaired) electrons. The number of carbonyl (C=O) groups is 3. The van der Waals surface area contributed by atoms with Gasteiger partial charge in [0, 0.05) is 23.0 Å². The number of ketones is 1. The van der Waals surface area contributed by atoms with Gasteiger partial charge in [-0.25, -0.2) is 4.79 Å². The van der Waals surface area contributed by atoms with Crippen LogP contribution in [0.25, 0.3) is 11.1 Å². The number of rotatable bonds is 18. The van der Waals surface area contributed by atoms with Gasteiger partial charge in [0.1, 0.15) is 31.2 Å². The van der Waals surface area contributed by atoms with Gasteiger partial charge in [0.2, 0.25) is 12.2 Å². The number of esters is 1. The molecular formula is C49H46Cl3NO10S. The van der Waals surface area contributed by atoms with Crippen molar-refractivity contribution in [2.75, 3.05) is 19.0 Å². The highest BCUT2D eigenvalue weighted by molar-refractivity contribution is 7.99. The van der Waals surface area contributed by atoms with Crippen LogP contribution in [-0.2, 0) is 49.4 Å². The number of benzene rings is 5. The van der Waals surface area contributed by atoms with E-state index < -0.39 is 65.2 Å². The molecule has 7 rings (SSSR count). The van der Waals surface area contributed by atoms with Gasteiger partial charge >= 0.3 is 12.1 Å². The minimum absolute atomic E-state index is 0.00595. The standard InChI is InChI=1S/C49H46Cl3NO10S/c1-31(54)25-26-42(55)62-44-43(57-27-32-15-5-2-6-16-32)40(29-59-48(56)58-28-39-37-23-13-11-21-35(37)36-22-12-14-24-38(36)39)61-46(63-47(53)49(50,51)52)45(44)60-41(33-17-7-3-8-18-33)30-64-34-19-9-4-10-20-34/h2-24,39-41,43-46,53H,25-30H2,1H3/t40-,41-,43-,44+,45-,46?/m1/s1. The van der Waals surface area contributed by atoms with Crippen molar-refractivity contribution in [3.63, 3.8) is 0 Å². The summed E-state index contributed by atoms with van der Waals surface area (Å²) in [5.41, 5.74) is 5.72. The minimum Gasteiger partial charge on any atom is -0.456 e. The molecule has 0 amide bonds. The monoisotopic (exact) mass is 945 g/mol. The molecule has 334 valence electrons. The molecule has 1 N–H and O–H groups in total. The van der Waals surface area contributed by atoms with Crippen LogP contribution in [-0.4, -0.2) is 77.3 Å². The Kier molecular flexibility index (Phi) is 16.4. The van der Waals surface area contributed by atoms with Crippen molar-refractivity contribution in [2.24, 2.45) is 0 Å². The van der Waals surface area contributed by atoms with E-state index in [-0.39, 0.29) is 37.8 Å². The van der Waals surface area contributed by atoms with E-state index in [9.17, 15) is 14.4 Å². The van der Waals surface area contributed by atoms with Crippen LogP contribution in [0, 0.1) is 5.41 Å². The molecule has 64 heavy (non-hydrogen) atoms. The number of thioether (sulfide) groups is 1. The Bertz CT molecular complexity index is 2310. The lowest BCUT2D eigenvalue weighted by molar-refractivity contribution is -0.309. The van der Waals surface area contributed by atoms with Crippen LogP contribution in [0.2, 0.25) is 0 Å².